The summed E-state index contributed by atoms with van der Waals surface area (Å²) >= 11 is 0. The van der Waals surface area contributed by atoms with Crippen molar-refractivity contribution in [1.82, 2.24) is 4.98 Å². The molecule has 2 aliphatic rings. The van der Waals surface area contributed by atoms with Crippen molar-refractivity contribution < 1.29 is 46.5 Å². The largest absolute Gasteiger partial charge is 2.00 e. The minimum atomic E-state index is -1.69. The zero-order valence-electron chi connectivity index (χ0n) is 21.9. The van der Waals surface area contributed by atoms with Gasteiger partial charge in [0.1, 0.15) is 8.24 Å². The van der Waals surface area contributed by atoms with Gasteiger partial charge in [-0.3, -0.25) is 0 Å². The molecular formula is C29H41Cl2NSiTi. The first-order valence-electron chi connectivity index (χ1n) is 12.3. The monoisotopic (exact) mass is 549 g/mol. The van der Waals surface area contributed by atoms with Crippen molar-refractivity contribution in [3.63, 3.8) is 0 Å². The first-order chi connectivity index (χ1) is 14.6. The van der Waals surface area contributed by atoms with Gasteiger partial charge in [-0.05, 0) is 58.9 Å². The van der Waals surface area contributed by atoms with Crippen LogP contribution in [0.25, 0.3) is 17.2 Å². The molecule has 34 heavy (non-hydrogen) atoms. The second kappa shape index (κ2) is 12.3. The van der Waals surface area contributed by atoms with Gasteiger partial charge in [-0.25, -0.2) is 0 Å². The Labute approximate surface area is 236 Å². The molecule has 2 aliphatic carbocycles. The normalized spacial score (nSPS) is 22.0. The van der Waals surface area contributed by atoms with Crippen LogP contribution in [0, 0.1) is 5.92 Å². The van der Waals surface area contributed by atoms with Crippen LogP contribution >= 0.6 is 0 Å². The zero-order chi connectivity index (χ0) is 22.4. The average molecular weight is 551 g/mol. The quantitative estimate of drug-likeness (QED) is 0.576. The van der Waals surface area contributed by atoms with Gasteiger partial charge in [-0.1, -0.05) is 108 Å². The molecule has 0 amide bonds. The molecule has 1 N–H and O–H groups in total. The maximum absolute atomic E-state index is 4.24. The molecule has 0 aliphatic heterocycles. The van der Waals surface area contributed by atoms with Crippen LogP contribution in [0.1, 0.15) is 82.5 Å². The molecule has 0 bridgehead atoms. The Morgan fingerprint density at radius 3 is 2.12 bits per heavy atom. The molecule has 3 unspecified atom stereocenters. The van der Waals surface area contributed by atoms with Crippen LogP contribution in [0.4, 0.5) is 0 Å². The van der Waals surface area contributed by atoms with Crippen molar-refractivity contribution in [1.29, 1.82) is 0 Å². The molecule has 1 nitrogen and oxygen atoms in total. The molecule has 2 aromatic carbocycles. The van der Waals surface area contributed by atoms with E-state index in [0.717, 1.165) is 5.92 Å². The summed E-state index contributed by atoms with van der Waals surface area (Å²) in [7, 11) is -1.69. The van der Waals surface area contributed by atoms with Crippen molar-refractivity contribution in [2.45, 2.75) is 90.4 Å². The topological polar surface area (TPSA) is 12.0 Å². The van der Waals surface area contributed by atoms with E-state index in [0.29, 0.717) is 11.6 Å². The van der Waals surface area contributed by atoms with E-state index in [2.05, 4.69) is 101 Å². The van der Waals surface area contributed by atoms with E-state index in [-0.39, 0.29) is 51.9 Å². The van der Waals surface area contributed by atoms with E-state index in [1.807, 2.05) is 0 Å². The fraction of sp³-hybridized carbons (Fsp3) is 0.517. The average Bonchev–Trinajstić information content (AvgIpc) is 3.05. The molecule has 1 fully saturated rings. The van der Waals surface area contributed by atoms with Gasteiger partial charge in [0.15, 0.2) is 0 Å². The molecule has 0 heterocycles. The van der Waals surface area contributed by atoms with Crippen LogP contribution < -0.4 is 29.8 Å². The SMILES string of the molecule is CC1=Cc2c(-c3ccc(C(C)(C)C)cc3)cccc2C1[Si](C)(C)NC1CCCCC1C.[Cl-].[Cl-].[Ti+2]. The summed E-state index contributed by atoms with van der Waals surface area (Å²) in [4.78, 5) is 4.24. The summed E-state index contributed by atoms with van der Waals surface area (Å²) < 4.78 is 0. The first-order valence-corrected chi connectivity index (χ1v) is 15.4. The molecule has 1 saturated carbocycles. The summed E-state index contributed by atoms with van der Waals surface area (Å²) in [5.74, 6) is 0.804. The molecule has 2 aromatic rings. The summed E-state index contributed by atoms with van der Waals surface area (Å²) in [6.45, 7) is 16.8. The van der Waals surface area contributed by atoms with Gasteiger partial charge < -0.3 is 29.8 Å². The second-order valence-corrected chi connectivity index (χ2v) is 16.0. The standard InChI is InChI=1S/C29H41NSi.2ClH.Ti/c1-20-11-8-9-14-27(20)30-31(6,7)28-21(2)19-26-24(12-10-13-25(26)28)22-15-17-23(18-16-22)29(3,4)5;;;/h10,12-13,15-20,27-28,30H,8-9,11,14H2,1-7H3;2*1H;/q;;;+2/p-2. The molecule has 184 valence electrons. The number of nitrogens with one attached hydrogen (secondary N) is 1. The Hall–Kier alpha value is -0.349. The van der Waals surface area contributed by atoms with Crippen LogP contribution in [0.3, 0.4) is 0 Å². The molecule has 0 saturated heterocycles. The fourth-order valence-electron chi connectivity index (χ4n) is 6.00. The smallest absolute Gasteiger partial charge is 1.00 e. The molecular weight excluding hydrogens is 509 g/mol. The number of allylic oxidation sites excluding steroid dienone is 1. The van der Waals surface area contributed by atoms with E-state index in [9.17, 15) is 0 Å². The minimum absolute atomic E-state index is 0. The molecule has 3 atom stereocenters. The van der Waals surface area contributed by atoms with Gasteiger partial charge >= 0.3 is 21.7 Å². The van der Waals surface area contributed by atoms with Crippen molar-refractivity contribution in [3.8, 4) is 11.1 Å². The van der Waals surface area contributed by atoms with Crippen molar-refractivity contribution in [2.24, 2.45) is 5.92 Å². The van der Waals surface area contributed by atoms with Crippen LogP contribution in [0.2, 0.25) is 13.1 Å². The third-order valence-corrected chi connectivity index (χ3v) is 11.1. The van der Waals surface area contributed by atoms with E-state index >= 15 is 0 Å². The summed E-state index contributed by atoms with van der Waals surface area (Å²) in [5.41, 5.74) is 9.41. The number of rotatable bonds is 4. The number of fused-ring (bicyclic) bond motifs is 1. The van der Waals surface area contributed by atoms with Crippen molar-refractivity contribution in [3.05, 3.63) is 64.7 Å². The second-order valence-electron chi connectivity index (χ2n) is 11.7. The van der Waals surface area contributed by atoms with E-state index in [1.54, 1.807) is 11.1 Å². The number of benzene rings is 2. The van der Waals surface area contributed by atoms with Gasteiger partial charge in [0, 0.05) is 11.6 Å². The van der Waals surface area contributed by atoms with Crippen molar-refractivity contribution in [2.75, 3.05) is 0 Å². The Morgan fingerprint density at radius 2 is 1.53 bits per heavy atom. The molecule has 0 spiro atoms. The summed E-state index contributed by atoms with van der Waals surface area (Å²) in [6.07, 6.45) is 8.00. The van der Waals surface area contributed by atoms with Crippen LogP contribution in [-0.2, 0) is 27.1 Å². The Morgan fingerprint density at radius 1 is 0.912 bits per heavy atom. The number of hydrogen-bond acceptors (Lipinski definition) is 1. The Balaban J connectivity index is 0.00000193. The van der Waals surface area contributed by atoms with Gasteiger partial charge in [-0.15, -0.1) is 0 Å². The van der Waals surface area contributed by atoms with Gasteiger partial charge in [0.25, 0.3) is 0 Å². The number of hydrogen-bond donors (Lipinski definition) is 1. The van der Waals surface area contributed by atoms with Gasteiger partial charge in [-0.2, -0.15) is 0 Å². The van der Waals surface area contributed by atoms with Crippen LogP contribution in [-0.4, -0.2) is 14.3 Å². The predicted octanol–water partition coefficient (Wildman–Crippen LogP) is 2.07. The summed E-state index contributed by atoms with van der Waals surface area (Å²) in [5, 5.41) is 0. The maximum atomic E-state index is 4.24. The minimum Gasteiger partial charge on any atom is -1.00 e. The predicted molar refractivity (Wildman–Crippen MR) is 139 cm³/mol. The van der Waals surface area contributed by atoms with Gasteiger partial charge in [0.2, 0.25) is 0 Å². The van der Waals surface area contributed by atoms with Gasteiger partial charge in [0.05, 0.1) is 0 Å². The molecule has 5 heteroatoms. The van der Waals surface area contributed by atoms with E-state index in [1.165, 1.54) is 47.9 Å². The molecule has 4 rings (SSSR count). The van der Waals surface area contributed by atoms with E-state index < -0.39 is 8.24 Å². The molecule has 0 aromatic heterocycles. The third-order valence-electron chi connectivity index (χ3n) is 7.73. The van der Waals surface area contributed by atoms with E-state index in [4.69, 9.17) is 0 Å². The van der Waals surface area contributed by atoms with Crippen LogP contribution in [0.5, 0.6) is 0 Å². The Bertz CT molecular complexity index is 979. The first kappa shape index (κ1) is 31.7. The number of halogens is 2. The van der Waals surface area contributed by atoms with Crippen LogP contribution in [0.15, 0.2) is 48.0 Å². The molecule has 0 radical (unpaired) electrons. The maximum Gasteiger partial charge on any atom is 2.00 e. The zero-order valence-corrected chi connectivity index (χ0v) is 26.0. The summed E-state index contributed by atoms with van der Waals surface area (Å²) in [6, 6.07) is 16.9. The van der Waals surface area contributed by atoms with Crippen molar-refractivity contribution >= 4 is 14.3 Å². The Kier molecular flexibility index (Phi) is 11.4. The third kappa shape index (κ3) is 6.50. The fourth-order valence-corrected chi connectivity index (χ4v) is 9.81.